The van der Waals surface area contributed by atoms with Gasteiger partial charge in [-0.05, 0) is 72.1 Å². The predicted octanol–water partition coefficient (Wildman–Crippen LogP) is 4.49. The summed E-state index contributed by atoms with van der Waals surface area (Å²) in [5.41, 5.74) is 2.97. The van der Waals surface area contributed by atoms with Crippen molar-refractivity contribution >= 4 is 40.0 Å². The van der Waals surface area contributed by atoms with Gasteiger partial charge in [0.05, 0.1) is 12.6 Å². The maximum atomic E-state index is 13.9. The van der Waals surface area contributed by atoms with Crippen LogP contribution in [0.3, 0.4) is 0 Å². The first-order valence-corrected chi connectivity index (χ1v) is 15.7. The molecule has 0 bridgehead atoms. The average Bonchev–Trinajstić information content (AvgIpc) is 3.80. The van der Waals surface area contributed by atoms with E-state index < -0.39 is 22.8 Å². The van der Waals surface area contributed by atoms with Crippen LogP contribution >= 0.6 is 0 Å². The van der Waals surface area contributed by atoms with E-state index in [0.717, 1.165) is 18.2 Å². The van der Waals surface area contributed by atoms with Crippen LogP contribution in [-0.4, -0.2) is 57.0 Å². The summed E-state index contributed by atoms with van der Waals surface area (Å²) < 4.78 is 49.1. The summed E-state index contributed by atoms with van der Waals surface area (Å²) in [6.45, 7) is 6.10. The Hall–Kier alpha value is -3.61. The average molecular weight is 609 g/mol. The Bertz CT molecular complexity index is 1610. The molecule has 6 atom stereocenters. The topological polar surface area (TPSA) is 144 Å². The molecule has 1 aliphatic heterocycles. The monoisotopic (exact) mass is 608 g/mol. The van der Waals surface area contributed by atoms with Gasteiger partial charge in [0.25, 0.3) is 5.91 Å². The van der Waals surface area contributed by atoms with E-state index in [1.54, 1.807) is 18.2 Å². The van der Waals surface area contributed by atoms with Crippen molar-refractivity contribution in [1.29, 1.82) is 5.41 Å². The second-order valence-corrected chi connectivity index (χ2v) is 13.1. The van der Waals surface area contributed by atoms with Crippen LogP contribution in [0, 0.1) is 34.4 Å². The zero-order chi connectivity index (χ0) is 30.3. The molecule has 2 aromatic carbocycles. The number of anilines is 1. The highest BCUT2D eigenvalue weighted by Gasteiger charge is 2.59. The molecule has 5 unspecified atom stereocenters. The fraction of sp³-hybridized carbons (Fsp3) is 0.452. The number of carbonyl (C=O) groups is 1. The van der Waals surface area contributed by atoms with Crippen molar-refractivity contribution in [3.05, 3.63) is 71.2 Å². The Kier molecular flexibility index (Phi) is 8.10. The van der Waals surface area contributed by atoms with Gasteiger partial charge in [0, 0.05) is 42.7 Å². The van der Waals surface area contributed by atoms with Gasteiger partial charge in [-0.1, -0.05) is 31.0 Å². The molecule has 1 aromatic heterocycles. The summed E-state index contributed by atoms with van der Waals surface area (Å²) in [5, 5.41) is 14.5. The molecule has 10 nitrogen and oxygen atoms in total. The molecule has 43 heavy (non-hydrogen) atoms. The van der Waals surface area contributed by atoms with E-state index in [0.29, 0.717) is 66.4 Å². The van der Waals surface area contributed by atoms with E-state index in [4.69, 9.17) is 14.6 Å². The smallest absolute Gasteiger partial charge is 0.293 e. The largest absolute Gasteiger partial charge is 0.772 e. The van der Waals surface area contributed by atoms with Crippen molar-refractivity contribution < 1.29 is 27.1 Å². The number of hydrogen-bond acceptors (Lipinski definition) is 9. The predicted molar refractivity (Wildman–Crippen MR) is 159 cm³/mol. The van der Waals surface area contributed by atoms with E-state index in [9.17, 15) is 17.9 Å². The SMILES string of the molecule is CC1C[C@@H]1C1CC1(C)CO/C(C(=O)Nc1cccc(F)c1)=C(/C=N)N1CCNC(c2cc3ocnc3cc2CS(=O)[O-])C1. The number of benzene rings is 2. The molecule has 3 N–H and O–H groups in total. The van der Waals surface area contributed by atoms with E-state index in [1.807, 2.05) is 4.90 Å². The maximum Gasteiger partial charge on any atom is 0.293 e. The lowest BCUT2D eigenvalue weighted by molar-refractivity contribution is -0.116. The molecule has 228 valence electrons. The lowest BCUT2D eigenvalue weighted by Crippen LogP contribution is -2.46. The molecule has 0 spiro atoms. The molecule has 2 saturated carbocycles. The highest BCUT2D eigenvalue weighted by Crippen LogP contribution is 2.65. The third-order valence-corrected chi connectivity index (χ3v) is 9.62. The quantitative estimate of drug-likeness (QED) is 0.125. The van der Waals surface area contributed by atoms with Crippen LogP contribution in [0.1, 0.15) is 43.9 Å². The molecule has 2 heterocycles. The van der Waals surface area contributed by atoms with Crippen molar-refractivity contribution in [3.8, 4) is 0 Å². The Balaban J connectivity index is 1.29. The molecule has 3 fully saturated rings. The molecule has 0 radical (unpaired) electrons. The number of oxazole rings is 1. The first-order chi connectivity index (χ1) is 20.6. The number of piperazine rings is 1. The van der Waals surface area contributed by atoms with E-state index in [2.05, 4.69) is 29.5 Å². The summed E-state index contributed by atoms with van der Waals surface area (Å²) in [6, 6.07) is 8.81. The Morgan fingerprint density at radius 3 is 2.93 bits per heavy atom. The van der Waals surface area contributed by atoms with Crippen molar-refractivity contribution in [3.63, 3.8) is 0 Å². The van der Waals surface area contributed by atoms with Gasteiger partial charge in [0.1, 0.15) is 17.0 Å². The van der Waals surface area contributed by atoms with E-state index in [1.165, 1.54) is 31.0 Å². The van der Waals surface area contributed by atoms with Crippen molar-refractivity contribution in [2.75, 3.05) is 31.6 Å². The number of aromatic nitrogens is 1. The summed E-state index contributed by atoms with van der Waals surface area (Å²) in [4.78, 5) is 19.7. The van der Waals surface area contributed by atoms with Gasteiger partial charge in [-0.25, -0.2) is 9.37 Å². The molecule has 3 aromatic rings. The fourth-order valence-electron chi connectivity index (χ4n) is 6.45. The van der Waals surface area contributed by atoms with Gasteiger partial charge in [-0.2, -0.15) is 0 Å². The zero-order valence-electron chi connectivity index (χ0n) is 24.1. The molecule has 1 saturated heterocycles. The molecule has 6 rings (SSSR count). The van der Waals surface area contributed by atoms with Gasteiger partial charge in [-0.15, -0.1) is 0 Å². The number of allylic oxidation sites excluding steroid dienone is 1. The molecular weight excluding hydrogens is 573 g/mol. The Morgan fingerprint density at radius 1 is 1.40 bits per heavy atom. The standard InChI is InChI=1S/C31H36FN5O5S/c1-18-8-22(18)24-12-31(24,2)16-41-29(30(38)36-21-5-3-4-20(32)10-21)27(13-33)37-7-6-34-26(14-37)23-11-28-25(35-17-42-28)9-19(23)15-43(39)40/h3-5,9-11,13,17-18,22,24,26,33-34H,6-8,12,14-16H2,1-2H3,(H,36,38)(H,39,40)/p-1/b29-27-,33-13?/t18?,22-,24?,26?,31?/m0/s1. The molecule has 12 heteroatoms. The van der Waals surface area contributed by atoms with Gasteiger partial charge in [0.2, 0.25) is 5.76 Å². The van der Waals surface area contributed by atoms with Gasteiger partial charge in [0.15, 0.2) is 12.0 Å². The minimum absolute atomic E-state index is 0.00204. The second-order valence-electron chi connectivity index (χ2n) is 12.2. The van der Waals surface area contributed by atoms with E-state index >= 15 is 0 Å². The number of carbonyl (C=O) groups excluding carboxylic acids is 1. The first kappa shape index (κ1) is 29.5. The maximum absolute atomic E-state index is 13.9. The summed E-state index contributed by atoms with van der Waals surface area (Å²) in [6.07, 6.45) is 4.69. The lowest BCUT2D eigenvalue weighted by atomic mass is 9.98. The number of hydrogen-bond donors (Lipinski definition) is 3. The van der Waals surface area contributed by atoms with Gasteiger partial charge < -0.3 is 34.6 Å². The number of nitrogens with zero attached hydrogens (tertiary/aromatic N) is 2. The third-order valence-electron chi connectivity index (χ3n) is 9.07. The fourth-order valence-corrected chi connectivity index (χ4v) is 6.96. The number of halogens is 1. The summed E-state index contributed by atoms with van der Waals surface area (Å²) in [7, 11) is 0. The van der Waals surface area contributed by atoms with Gasteiger partial charge in [-0.3, -0.25) is 9.00 Å². The first-order valence-electron chi connectivity index (χ1n) is 14.5. The highest BCUT2D eigenvalue weighted by molar-refractivity contribution is 7.78. The number of rotatable bonds is 11. The van der Waals surface area contributed by atoms with Crippen molar-refractivity contribution in [2.24, 2.45) is 23.2 Å². The number of ether oxygens (including phenoxy) is 1. The van der Waals surface area contributed by atoms with E-state index in [-0.39, 0.29) is 28.7 Å². The van der Waals surface area contributed by atoms with Crippen LogP contribution in [0.2, 0.25) is 0 Å². The molecule has 3 aliphatic rings. The molecular formula is C31H35FN5O5S-. The second kappa shape index (κ2) is 11.8. The van der Waals surface area contributed by atoms with Crippen LogP contribution in [0.5, 0.6) is 0 Å². The number of amides is 1. The molecule has 2 aliphatic carbocycles. The third kappa shape index (κ3) is 6.36. The summed E-state index contributed by atoms with van der Waals surface area (Å²) >= 11 is -2.32. The van der Waals surface area contributed by atoms with Crippen molar-refractivity contribution in [1.82, 2.24) is 15.2 Å². The van der Waals surface area contributed by atoms with Crippen LogP contribution in [0.15, 0.2) is 58.7 Å². The normalized spacial score (nSPS) is 27.8. The van der Waals surface area contributed by atoms with Crippen LogP contribution in [0.4, 0.5) is 10.1 Å². The minimum Gasteiger partial charge on any atom is -0.772 e. The van der Waals surface area contributed by atoms with Crippen LogP contribution < -0.4 is 10.6 Å². The summed E-state index contributed by atoms with van der Waals surface area (Å²) in [5.74, 6) is 0.732. The number of nitrogens with one attached hydrogen (secondary N) is 3. The van der Waals surface area contributed by atoms with Crippen LogP contribution in [0.25, 0.3) is 11.1 Å². The molecule has 1 amide bonds. The van der Waals surface area contributed by atoms with Gasteiger partial charge >= 0.3 is 0 Å². The highest BCUT2D eigenvalue weighted by atomic mass is 32.2. The van der Waals surface area contributed by atoms with Crippen molar-refractivity contribution in [2.45, 2.75) is 38.5 Å². The Labute approximate surface area is 251 Å². The Morgan fingerprint density at radius 2 is 2.21 bits per heavy atom. The minimum atomic E-state index is -2.32. The van der Waals surface area contributed by atoms with Crippen LogP contribution in [-0.2, 0) is 26.4 Å². The number of fused-ring (bicyclic) bond motifs is 1. The lowest BCUT2D eigenvalue weighted by Gasteiger charge is -2.37. The zero-order valence-corrected chi connectivity index (χ0v) is 24.9.